The summed E-state index contributed by atoms with van der Waals surface area (Å²) in [6.07, 6.45) is 0.739. The highest BCUT2D eigenvalue weighted by molar-refractivity contribution is 9.10. The van der Waals surface area contributed by atoms with Gasteiger partial charge in [-0.3, -0.25) is 10.1 Å². The Labute approximate surface area is 224 Å². The van der Waals surface area contributed by atoms with Gasteiger partial charge in [0.1, 0.15) is 18.1 Å². The summed E-state index contributed by atoms with van der Waals surface area (Å²) in [5.74, 6) is 0.881. The maximum Gasteiger partial charge on any atom is 0.261 e. The van der Waals surface area contributed by atoms with Crippen LogP contribution in [0.25, 0.3) is 0 Å². The highest BCUT2D eigenvalue weighted by Crippen LogP contribution is 2.24. The Morgan fingerprint density at radius 1 is 0.806 bits per heavy atom. The molecule has 0 aliphatic carbocycles. The number of anilines is 1. The number of carbonyl (C=O) groups is 1. The van der Waals surface area contributed by atoms with E-state index >= 15 is 0 Å². The molecule has 0 heterocycles. The van der Waals surface area contributed by atoms with Crippen molar-refractivity contribution in [3.63, 3.8) is 0 Å². The predicted molar refractivity (Wildman–Crippen MR) is 151 cm³/mol. The monoisotopic (exact) mass is 560 g/mol. The van der Waals surface area contributed by atoms with Gasteiger partial charge in [-0.15, -0.1) is 0 Å². The van der Waals surface area contributed by atoms with Crippen molar-refractivity contribution in [2.45, 2.75) is 13.0 Å². The van der Waals surface area contributed by atoms with E-state index in [1.165, 1.54) is 5.56 Å². The Hall–Kier alpha value is -3.68. The fourth-order valence-corrected chi connectivity index (χ4v) is 4.01. The lowest BCUT2D eigenvalue weighted by Gasteiger charge is -2.14. The van der Waals surface area contributed by atoms with Gasteiger partial charge in [0.25, 0.3) is 5.91 Å². The first-order valence-electron chi connectivity index (χ1n) is 11.4. The van der Waals surface area contributed by atoms with Gasteiger partial charge in [-0.1, -0.05) is 76.6 Å². The van der Waals surface area contributed by atoms with Gasteiger partial charge in [-0.2, -0.15) is 0 Å². The summed E-state index contributed by atoms with van der Waals surface area (Å²) in [5.41, 5.74) is 3.40. The Kier molecular flexibility index (Phi) is 9.08. The number of amides is 1. The molecule has 182 valence electrons. The predicted octanol–water partition coefficient (Wildman–Crippen LogP) is 6.78. The SMILES string of the molecule is O=C(NC(=S)Nc1ccc(OCc2ccccc2)cc1)c1cc(Br)ccc1OCCc1ccccc1. The Balaban J connectivity index is 1.30. The molecule has 4 aromatic carbocycles. The summed E-state index contributed by atoms with van der Waals surface area (Å²) in [6, 6.07) is 32.7. The lowest BCUT2D eigenvalue weighted by Crippen LogP contribution is -2.34. The number of halogens is 1. The third-order valence-electron chi connectivity index (χ3n) is 5.26. The van der Waals surface area contributed by atoms with Crippen molar-refractivity contribution in [2.75, 3.05) is 11.9 Å². The van der Waals surface area contributed by atoms with Crippen molar-refractivity contribution in [2.24, 2.45) is 0 Å². The van der Waals surface area contributed by atoms with Crippen LogP contribution in [-0.4, -0.2) is 17.6 Å². The minimum Gasteiger partial charge on any atom is -0.492 e. The molecule has 4 aromatic rings. The summed E-state index contributed by atoms with van der Waals surface area (Å²) >= 11 is 8.79. The first kappa shape index (κ1) is 25.4. The van der Waals surface area contributed by atoms with Crippen molar-refractivity contribution in [1.82, 2.24) is 5.32 Å². The van der Waals surface area contributed by atoms with E-state index in [0.717, 1.165) is 27.9 Å². The summed E-state index contributed by atoms with van der Waals surface area (Å²) in [6.45, 7) is 0.942. The summed E-state index contributed by atoms with van der Waals surface area (Å²) in [5, 5.41) is 5.95. The highest BCUT2D eigenvalue weighted by Gasteiger charge is 2.15. The normalized spacial score (nSPS) is 10.4. The lowest BCUT2D eigenvalue weighted by atomic mass is 10.1. The molecule has 0 bridgehead atoms. The van der Waals surface area contributed by atoms with Crippen LogP contribution in [0.4, 0.5) is 5.69 Å². The minimum atomic E-state index is -0.355. The molecule has 0 saturated carbocycles. The molecule has 0 aliphatic rings. The summed E-state index contributed by atoms with van der Waals surface area (Å²) < 4.78 is 12.5. The van der Waals surface area contributed by atoms with Crippen LogP contribution in [0.1, 0.15) is 21.5 Å². The van der Waals surface area contributed by atoms with Crippen LogP contribution in [0.15, 0.2) is 108 Å². The van der Waals surface area contributed by atoms with Crippen LogP contribution in [-0.2, 0) is 13.0 Å². The number of benzene rings is 4. The molecular weight excluding hydrogens is 536 g/mol. The molecule has 0 unspecified atom stereocenters. The van der Waals surface area contributed by atoms with Gasteiger partial charge >= 0.3 is 0 Å². The van der Waals surface area contributed by atoms with E-state index in [0.29, 0.717) is 24.5 Å². The second-order valence-electron chi connectivity index (χ2n) is 7.93. The molecule has 0 aliphatic heterocycles. The van der Waals surface area contributed by atoms with Crippen molar-refractivity contribution >= 4 is 44.9 Å². The van der Waals surface area contributed by atoms with E-state index in [-0.39, 0.29) is 11.0 Å². The van der Waals surface area contributed by atoms with E-state index in [4.69, 9.17) is 21.7 Å². The van der Waals surface area contributed by atoms with Crippen LogP contribution >= 0.6 is 28.1 Å². The number of nitrogens with one attached hydrogen (secondary N) is 2. The van der Waals surface area contributed by atoms with Crippen LogP contribution in [0.2, 0.25) is 0 Å². The number of rotatable bonds is 9. The second kappa shape index (κ2) is 12.9. The second-order valence-corrected chi connectivity index (χ2v) is 9.26. The summed E-state index contributed by atoms with van der Waals surface area (Å²) in [7, 11) is 0. The van der Waals surface area contributed by atoms with Crippen molar-refractivity contribution in [1.29, 1.82) is 0 Å². The molecule has 0 aromatic heterocycles. The Morgan fingerprint density at radius 2 is 1.47 bits per heavy atom. The molecular formula is C29H25BrN2O3S. The standard InChI is InChI=1S/C29H25BrN2O3S/c30-23-11-16-27(34-18-17-21-7-3-1-4-8-21)26(19-23)28(33)32-29(36)31-24-12-14-25(15-13-24)35-20-22-9-5-2-6-10-22/h1-16,19H,17-18,20H2,(H2,31,32,33,36). The first-order chi connectivity index (χ1) is 17.6. The zero-order valence-corrected chi connectivity index (χ0v) is 21.8. The fourth-order valence-electron chi connectivity index (χ4n) is 3.44. The third kappa shape index (κ3) is 7.66. The van der Waals surface area contributed by atoms with Crippen molar-refractivity contribution in [3.8, 4) is 11.5 Å². The molecule has 7 heteroatoms. The zero-order valence-electron chi connectivity index (χ0n) is 19.4. The molecule has 1 amide bonds. The number of hydrogen-bond donors (Lipinski definition) is 2. The molecule has 5 nitrogen and oxygen atoms in total. The van der Waals surface area contributed by atoms with Gasteiger partial charge in [0.15, 0.2) is 5.11 Å². The Morgan fingerprint density at radius 3 is 2.17 bits per heavy atom. The van der Waals surface area contributed by atoms with Crippen LogP contribution in [0, 0.1) is 0 Å². The molecule has 36 heavy (non-hydrogen) atoms. The van der Waals surface area contributed by atoms with E-state index in [2.05, 4.69) is 26.6 Å². The van der Waals surface area contributed by atoms with E-state index in [1.54, 1.807) is 12.1 Å². The topological polar surface area (TPSA) is 59.6 Å². The number of ether oxygens (including phenoxy) is 2. The van der Waals surface area contributed by atoms with Crippen LogP contribution in [0.3, 0.4) is 0 Å². The fraction of sp³-hybridized carbons (Fsp3) is 0.103. The molecule has 2 N–H and O–H groups in total. The molecule has 0 radical (unpaired) electrons. The van der Waals surface area contributed by atoms with E-state index in [9.17, 15) is 4.79 Å². The van der Waals surface area contributed by atoms with Crippen LogP contribution in [0.5, 0.6) is 11.5 Å². The molecule has 0 spiro atoms. The summed E-state index contributed by atoms with van der Waals surface area (Å²) in [4.78, 5) is 13.0. The highest BCUT2D eigenvalue weighted by atomic mass is 79.9. The first-order valence-corrected chi connectivity index (χ1v) is 12.6. The number of thiocarbonyl (C=S) groups is 1. The van der Waals surface area contributed by atoms with Gasteiger partial charge in [0, 0.05) is 16.6 Å². The van der Waals surface area contributed by atoms with E-state index < -0.39 is 0 Å². The largest absolute Gasteiger partial charge is 0.492 e. The lowest BCUT2D eigenvalue weighted by molar-refractivity contribution is 0.0973. The average molecular weight is 562 g/mol. The van der Waals surface area contributed by atoms with Crippen LogP contribution < -0.4 is 20.1 Å². The van der Waals surface area contributed by atoms with E-state index in [1.807, 2.05) is 91.0 Å². The van der Waals surface area contributed by atoms with Crippen molar-refractivity contribution in [3.05, 3.63) is 124 Å². The molecule has 0 fully saturated rings. The third-order valence-corrected chi connectivity index (χ3v) is 5.96. The quantitative estimate of drug-likeness (QED) is 0.221. The maximum atomic E-state index is 13.0. The van der Waals surface area contributed by atoms with Crippen molar-refractivity contribution < 1.29 is 14.3 Å². The number of hydrogen-bond acceptors (Lipinski definition) is 4. The number of carbonyl (C=O) groups excluding carboxylic acids is 1. The minimum absolute atomic E-state index is 0.188. The molecule has 4 rings (SSSR count). The zero-order chi connectivity index (χ0) is 25.2. The maximum absolute atomic E-state index is 13.0. The van der Waals surface area contributed by atoms with Gasteiger partial charge in [-0.05, 0) is 65.8 Å². The smallest absolute Gasteiger partial charge is 0.261 e. The van der Waals surface area contributed by atoms with Gasteiger partial charge in [-0.25, -0.2) is 0 Å². The molecule has 0 saturated heterocycles. The Bertz CT molecular complexity index is 1300. The molecule has 0 atom stereocenters. The van der Waals surface area contributed by atoms with Gasteiger partial charge < -0.3 is 14.8 Å². The van der Waals surface area contributed by atoms with Gasteiger partial charge in [0.2, 0.25) is 0 Å². The van der Waals surface area contributed by atoms with Gasteiger partial charge in [0.05, 0.1) is 12.2 Å². The average Bonchev–Trinajstić information content (AvgIpc) is 2.90.